The summed E-state index contributed by atoms with van der Waals surface area (Å²) in [5.41, 5.74) is 0. The number of piperidine rings is 4. The highest BCUT2D eigenvalue weighted by molar-refractivity contribution is 7.61. The van der Waals surface area contributed by atoms with E-state index in [4.69, 9.17) is 4.51 Å². The summed E-state index contributed by atoms with van der Waals surface area (Å²) >= 11 is 0. The van der Waals surface area contributed by atoms with Crippen LogP contribution in [0.3, 0.4) is 0 Å². The smallest absolute Gasteiger partial charge is 0.160 e. The van der Waals surface area contributed by atoms with Crippen LogP contribution in [0.5, 0.6) is 0 Å². The molecule has 4 aliphatic rings. The molecular formula is C20H40N7P3. The highest BCUT2D eigenvalue weighted by atomic mass is 31.2. The zero-order chi connectivity index (χ0) is 20.2. The van der Waals surface area contributed by atoms with E-state index in [9.17, 15) is 0 Å². The van der Waals surface area contributed by atoms with Gasteiger partial charge in [-0.15, -0.1) is 0 Å². The second-order valence-electron chi connectivity index (χ2n) is 9.31. The molecule has 0 radical (unpaired) electrons. The fourth-order valence-corrected chi connectivity index (χ4v) is 13.4. The van der Waals surface area contributed by atoms with Crippen molar-refractivity contribution in [2.24, 2.45) is 0 Å². The van der Waals surface area contributed by atoms with Crippen LogP contribution >= 0.6 is 24.5 Å². The van der Waals surface area contributed by atoms with Gasteiger partial charge < -0.3 is 0 Å². The van der Waals surface area contributed by atoms with Gasteiger partial charge in [-0.25, -0.2) is 19.4 Å². The van der Waals surface area contributed by atoms with E-state index in [1.807, 2.05) is 0 Å². The third-order valence-electron chi connectivity index (χ3n) is 7.02. The van der Waals surface area contributed by atoms with Crippen molar-refractivity contribution in [1.29, 1.82) is 0 Å². The van der Waals surface area contributed by atoms with Crippen molar-refractivity contribution in [2.75, 3.05) is 71.7 Å². The first-order valence-corrected chi connectivity index (χ1v) is 15.7. The molecule has 0 amide bonds. The molecule has 170 valence electrons. The number of hydrogen-bond donors (Lipinski definition) is 0. The van der Waals surface area contributed by atoms with Gasteiger partial charge in [0, 0.05) is 52.4 Å². The summed E-state index contributed by atoms with van der Waals surface area (Å²) < 4.78 is 16.7. The van der Waals surface area contributed by atoms with Gasteiger partial charge >= 0.3 is 0 Å². The van der Waals surface area contributed by atoms with Gasteiger partial charge in [-0.3, -0.25) is 0 Å². The number of rotatable bonds is 4. The minimum absolute atomic E-state index is 0.494. The molecule has 5 rings (SSSR count). The van der Waals surface area contributed by atoms with Crippen molar-refractivity contribution in [1.82, 2.24) is 12.9 Å². The average molecular weight is 472 g/mol. The van der Waals surface area contributed by atoms with E-state index < -0.39 is 16.0 Å². The Hall–Kier alpha value is 0.140. The van der Waals surface area contributed by atoms with Crippen molar-refractivity contribution < 1.29 is 0 Å². The average Bonchev–Trinajstić information content (AvgIpc) is 2.85. The van der Waals surface area contributed by atoms with Gasteiger partial charge in [-0.1, -0.05) is 25.7 Å². The maximum atomic E-state index is 5.43. The Balaban J connectivity index is 1.62. The van der Waals surface area contributed by atoms with Crippen LogP contribution in [0.15, 0.2) is 0 Å². The summed E-state index contributed by atoms with van der Waals surface area (Å²) in [6.07, 6.45) is 16.5. The molecule has 4 aliphatic heterocycles. The number of hydrogen-bond acceptors (Lipinski definition) is 5. The second kappa shape index (κ2) is 10.8. The maximum absolute atomic E-state index is 5.43. The Labute approximate surface area is 186 Å². The van der Waals surface area contributed by atoms with Crippen LogP contribution in [0.2, 0.25) is 0 Å². The quantitative estimate of drug-likeness (QED) is 0.628. The molecule has 2 unspecified atom stereocenters. The van der Waals surface area contributed by atoms with Crippen molar-refractivity contribution in [3.8, 4) is 0 Å². The van der Waals surface area contributed by atoms with Gasteiger partial charge in [-0.2, -0.15) is 12.9 Å². The summed E-state index contributed by atoms with van der Waals surface area (Å²) in [7, 11) is 0.170. The molecule has 0 N–H and O–H groups in total. The molecular weight excluding hydrogens is 431 g/mol. The molecule has 0 aliphatic carbocycles. The van der Waals surface area contributed by atoms with Crippen LogP contribution in [0, 0.1) is 0 Å². The first-order valence-electron chi connectivity index (χ1n) is 12.5. The summed E-state index contributed by atoms with van der Waals surface area (Å²) in [4.78, 5) is 0. The molecule has 0 bridgehead atoms. The Morgan fingerprint density at radius 2 is 0.967 bits per heavy atom. The molecule has 0 saturated carbocycles. The summed E-state index contributed by atoms with van der Waals surface area (Å²) in [5, 5.41) is 5.45. The van der Waals surface area contributed by atoms with Crippen molar-refractivity contribution in [3.05, 3.63) is 0 Å². The highest BCUT2D eigenvalue weighted by Gasteiger charge is 2.30. The molecule has 4 fully saturated rings. The SMILES string of the molecule is C1CCN(n2pnp(N3CCCCC3)n(N3CCCCC3)p2N2CCCCC2)CC1. The molecule has 0 aromatic carbocycles. The Morgan fingerprint density at radius 3 is 1.53 bits per heavy atom. The van der Waals surface area contributed by atoms with Crippen LogP contribution in [-0.4, -0.2) is 65.3 Å². The molecule has 10 heteroatoms. The number of aromatic nitrogens is 3. The lowest BCUT2D eigenvalue weighted by Gasteiger charge is -2.42. The van der Waals surface area contributed by atoms with E-state index in [1.54, 1.807) is 0 Å². The highest BCUT2D eigenvalue weighted by Crippen LogP contribution is 2.45. The van der Waals surface area contributed by atoms with Gasteiger partial charge in [0.1, 0.15) is 8.00 Å². The van der Waals surface area contributed by atoms with Gasteiger partial charge in [0.05, 0.1) is 0 Å². The van der Waals surface area contributed by atoms with Crippen molar-refractivity contribution in [3.63, 3.8) is 0 Å². The van der Waals surface area contributed by atoms with Gasteiger partial charge in [0.15, 0.2) is 16.5 Å². The van der Waals surface area contributed by atoms with E-state index in [-0.39, 0.29) is 0 Å². The summed E-state index contributed by atoms with van der Waals surface area (Å²) in [6.45, 7) is 9.98. The minimum atomic E-state index is -0.564. The zero-order valence-corrected chi connectivity index (χ0v) is 21.3. The van der Waals surface area contributed by atoms with Crippen LogP contribution < -0.4 is 19.4 Å². The van der Waals surface area contributed by atoms with Crippen molar-refractivity contribution in [2.45, 2.75) is 77.0 Å². The van der Waals surface area contributed by atoms with Gasteiger partial charge in [0.2, 0.25) is 0 Å². The fourth-order valence-electron chi connectivity index (χ4n) is 5.30. The van der Waals surface area contributed by atoms with E-state index in [1.165, 1.54) is 138 Å². The predicted molar refractivity (Wildman–Crippen MR) is 133 cm³/mol. The largest absolute Gasteiger partial charge is 0.232 e. The summed E-state index contributed by atoms with van der Waals surface area (Å²) in [6, 6.07) is 0. The topological polar surface area (TPSA) is 35.7 Å². The second-order valence-corrected chi connectivity index (χ2v) is 14.6. The first kappa shape index (κ1) is 22.0. The molecule has 7 nitrogen and oxygen atoms in total. The van der Waals surface area contributed by atoms with Crippen LogP contribution in [-0.2, 0) is 0 Å². The third kappa shape index (κ3) is 4.88. The lowest BCUT2D eigenvalue weighted by atomic mass is 10.2. The molecule has 2 atom stereocenters. The molecule has 5 heterocycles. The van der Waals surface area contributed by atoms with E-state index in [2.05, 4.69) is 27.8 Å². The van der Waals surface area contributed by atoms with E-state index >= 15 is 0 Å². The Bertz CT molecular complexity index is 639. The first-order chi connectivity index (χ1) is 14.9. The third-order valence-corrected chi connectivity index (χ3v) is 13.6. The fraction of sp³-hybridized carbons (Fsp3) is 1.00. The monoisotopic (exact) mass is 471 g/mol. The number of nitrogens with zero attached hydrogens (tertiary/aromatic N) is 7. The standard InChI is InChI=1S/C20H40N7P3/c1-5-13-22(14-6-1)26-28-21-29(24-17-9-3-10-18-24)27(23-15-7-2-8-16-23)30(26)25-19-11-4-12-20-25/h1-20H2. The van der Waals surface area contributed by atoms with E-state index in [0.717, 1.165) is 0 Å². The zero-order valence-electron chi connectivity index (χ0n) is 18.6. The molecule has 1 aromatic heterocycles. The minimum Gasteiger partial charge on any atom is -0.232 e. The molecule has 30 heavy (non-hydrogen) atoms. The van der Waals surface area contributed by atoms with Crippen LogP contribution in [0.4, 0.5) is 0 Å². The lowest BCUT2D eigenvalue weighted by molar-refractivity contribution is 0.493. The Kier molecular flexibility index (Phi) is 7.93. The summed E-state index contributed by atoms with van der Waals surface area (Å²) in [5.74, 6) is 0. The molecule has 1 aromatic rings. The lowest BCUT2D eigenvalue weighted by Crippen LogP contribution is -2.46. The Morgan fingerprint density at radius 1 is 0.500 bits per heavy atom. The predicted octanol–water partition coefficient (Wildman–Crippen LogP) is 4.85. The van der Waals surface area contributed by atoms with Crippen LogP contribution in [0.25, 0.3) is 0 Å². The van der Waals surface area contributed by atoms with Gasteiger partial charge in [-0.05, 0) is 51.4 Å². The van der Waals surface area contributed by atoms with E-state index in [0.29, 0.717) is 0 Å². The normalized spacial score (nSPS) is 27.6. The molecule has 0 spiro atoms. The van der Waals surface area contributed by atoms with Gasteiger partial charge in [0.25, 0.3) is 0 Å². The van der Waals surface area contributed by atoms with Crippen LogP contribution in [0.1, 0.15) is 77.0 Å². The maximum Gasteiger partial charge on any atom is 0.160 e. The molecule has 4 saturated heterocycles. The van der Waals surface area contributed by atoms with Crippen molar-refractivity contribution >= 4 is 24.5 Å².